The van der Waals surface area contributed by atoms with Gasteiger partial charge in [-0.3, -0.25) is 9.69 Å². The van der Waals surface area contributed by atoms with E-state index in [0.717, 1.165) is 38.2 Å². The van der Waals surface area contributed by atoms with Crippen LogP contribution in [0.25, 0.3) is 0 Å². The molecule has 2 fully saturated rings. The topological polar surface area (TPSA) is 50.8 Å². The second-order valence-corrected chi connectivity index (χ2v) is 7.03. The Bertz CT molecular complexity index is 782. The number of nitrogens with one attached hydrogen (secondary N) is 1. The highest BCUT2D eigenvalue weighted by Gasteiger charge is 2.30. The fourth-order valence-corrected chi connectivity index (χ4v) is 3.18. The summed E-state index contributed by atoms with van der Waals surface area (Å²) in [6, 6.07) is 16.0. The van der Waals surface area contributed by atoms with Crippen molar-refractivity contribution in [2.24, 2.45) is 0 Å². The van der Waals surface area contributed by atoms with E-state index in [1.54, 1.807) is 7.11 Å². The first-order valence-corrected chi connectivity index (χ1v) is 9.13. The Labute approximate surface area is 153 Å². The molecule has 0 spiro atoms. The molecule has 136 valence electrons. The van der Waals surface area contributed by atoms with Crippen LogP contribution < -0.4 is 14.8 Å². The van der Waals surface area contributed by atoms with Gasteiger partial charge < -0.3 is 14.8 Å². The normalized spacial score (nSPS) is 17.4. The monoisotopic (exact) mass is 352 g/mol. The molecule has 5 heteroatoms. The summed E-state index contributed by atoms with van der Waals surface area (Å²) >= 11 is 0. The minimum Gasteiger partial charge on any atom is -0.497 e. The van der Waals surface area contributed by atoms with E-state index in [1.807, 2.05) is 36.4 Å². The van der Waals surface area contributed by atoms with E-state index >= 15 is 0 Å². The number of ether oxygens (including phenoxy) is 2. The lowest BCUT2D eigenvalue weighted by Gasteiger charge is -2.39. The first-order valence-electron chi connectivity index (χ1n) is 9.13. The average Bonchev–Trinajstić information content (AvgIpc) is 3.44. The molecule has 1 saturated heterocycles. The van der Waals surface area contributed by atoms with Gasteiger partial charge in [-0.15, -0.1) is 0 Å². The fraction of sp³-hybridized carbons (Fsp3) is 0.381. The Morgan fingerprint density at radius 2 is 1.96 bits per heavy atom. The fourth-order valence-electron chi connectivity index (χ4n) is 3.18. The van der Waals surface area contributed by atoms with Gasteiger partial charge in [-0.25, -0.2) is 0 Å². The van der Waals surface area contributed by atoms with Gasteiger partial charge in [-0.2, -0.15) is 0 Å². The summed E-state index contributed by atoms with van der Waals surface area (Å²) in [7, 11) is 1.68. The molecule has 0 radical (unpaired) electrons. The van der Waals surface area contributed by atoms with Gasteiger partial charge in [0.25, 0.3) is 5.91 Å². The Morgan fingerprint density at radius 1 is 1.15 bits per heavy atom. The number of para-hydroxylation sites is 1. The quantitative estimate of drug-likeness (QED) is 0.833. The first kappa shape index (κ1) is 16.9. The average molecular weight is 352 g/mol. The van der Waals surface area contributed by atoms with Crippen LogP contribution in [0.1, 0.15) is 28.8 Å². The summed E-state index contributed by atoms with van der Waals surface area (Å²) < 4.78 is 11.4. The van der Waals surface area contributed by atoms with Crippen molar-refractivity contribution in [3.63, 3.8) is 0 Å². The van der Waals surface area contributed by atoms with E-state index < -0.39 is 0 Å². The lowest BCUT2D eigenvalue weighted by molar-refractivity contribution is 0.0140. The minimum atomic E-state index is -0.0318. The smallest absolute Gasteiger partial charge is 0.255 e. The molecule has 1 aliphatic carbocycles. The number of carbonyl (C=O) groups is 1. The Kier molecular flexibility index (Phi) is 4.80. The van der Waals surface area contributed by atoms with E-state index in [0.29, 0.717) is 17.4 Å². The van der Waals surface area contributed by atoms with Crippen molar-refractivity contribution in [2.45, 2.75) is 31.5 Å². The molecular formula is C21H24N2O3. The number of methoxy groups -OCH3 is 1. The number of likely N-dealkylation sites (tertiary alicyclic amines) is 1. The van der Waals surface area contributed by atoms with Crippen LogP contribution >= 0.6 is 0 Å². The van der Waals surface area contributed by atoms with Gasteiger partial charge in [0, 0.05) is 25.7 Å². The maximum atomic E-state index is 12.4. The van der Waals surface area contributed by atoms with Crippen molar-refractivity contribution in [3.8, 4) is 11.5 Å². The third kappa shape index (κ3) is 3.99. The molecule has 26 heavy (non-hydrogen) atoms. The van der Waals surface area contributed by atoms with Crippen LogP contribution in [0, 0.1) is 0 Å². The second kappa shape index (κ2) is 7.38. The molecule has 1 N–H and O–H groups in total. The molecule has 0 atom stereocenters. The zero-order chi connectivity index (χ0) is 17.9. The van der Waals surface area contributed by atoms with Crippen LogP contribution in [0.3, 0.4) is 0 Å². The molecule has 1 saturated carbocycles. The molecule has 0 aromatic heterocycles. The second-order valence-electron chi connectivity index (χ2n) is 7.03. The summed E-state index contributed by atoms with van der Waals surface area (Å²) in [5.74, 6) is 1.53. The highest BCUT2D eigenvalue weighted by molar-refractivity contribution is 5.97. The largest absolute Gasteiger partial charge is 0.497 e. The van der Waals surface area contributed by atoms with Gasteiger partial charge in [0.05, 0.1) is 12.7 Å². The molecule has 1 amide bonds. The standard InChI is InChI=1S/C21H24N2O3/c1-25-17-6-4-5-15(11-17)12-23-13-18(14-23)26-20-8-3-2-7-19(20)21(24)22-16-9-10-16/h2-8,11,16,18H,9-10,12-14H2,1H3,(H,22,24). The molecule has 1 aliphatic heterocycles. The van der Waals surface area contributed by atoms with Crippen molar-refractivity contribution >= 4 is 5.91 Å². The maximum Gasteiger partial charge on any atom is 0.255 e. The Morgan fingerprint density at radius 3 is 2.73 bits per heavy atom. The van der Waals surface area contributed by atoms with Crippen LogP contribution in [0.15, 0.2) is 48.5 Å². The van der Waals surface area contributed by atoms with Gasteiger partial charge in [-0.05, 0) is 42.7 Å². The van der Waals surface area contributed by atoms with E-state index in [-0.39, 0.29) is 12.0 Å². The molecule has 1 heterocycles. The van der Waals surface area contributed by atoms with Crippen LogP contribution in [-0.2, 0) is 6.54 Å². The number of benzene rings is 2. The number of rotatable bonds is 7. The summed E-state index contributed by atoms with van der Waals surface area (Å²) in [5, 5.41) is 3.03. The highest BCUT2D eigenvalue weighted by Crippen LogP contribution is 2.26. The summed E-state index contributed by atoms with van der Waals surface area (Å²) in [5.41, 5.74) is 1.86. The summed E-state index contributed by atoms with van der Waals surface area (Å²) in [6.07, 6.45) is 2.28. The predicted molar refractivity (Wildman–Crippen MR) is 99.6 cm³/mol. The highest BCUT2D eigenvalue weighted by atomic mass is 16.5. The molecule has 2 aliphatic rings. The number of amides is 1. The van der Waals surface area contributed by atoms with Crippen molar-refractivity contribution in [2.75, 3.05) is 20.2 Å². The summed E-state index contributed by atoms with van der Waals surface area (Å²) in [6.45, 7) is 2.59. The number of hydrogen-bond acceptors (Lipinski definition) is 4. The third-order valence-corrected chi connectivity index (χ3v) is 4.80. The van der Waals surface area contributed by atoms with Crippen LogP contribution in [-0.4, -0.2) is 43.2 Å². The van der Waals surface area contributed by atoms with E-state index in [2.05, 4.69) is 22.3 Å². The lowest BCUT2D eigenvalue weighted by atomic mass is 10.1. The summed E-state index contributed by atoms with van der Waals surface area (Å²) in [4.78, 5) is 14.7. The van der Waals surface area contributed by atoms with Gasteiger partial charge in [0.2, 0.25) is 0 Å². The van der Waals surface area contributed by atoms with E-state index in [9.17, 15) is 4.79 Å². The Hall–Kier alpha value is -2.53. The van der Waals surface area contributed by atoms with Crippen LogP contribution in [0.5, 0.6) is 11.5 Å². The van der Waals surface area contributed by atoms with Crippen LogP contribution in [0.2, 0.25) is 0 Å². The minimum absolute atomic E-state index is 0.0318. The maximum absolute atomic E-state index is 12.4. The van der Waals surface area contributed by atoms with Gasteiger partial charge >= 0.3 is 0 Å². The van der Waals surface area contributed by atoms with Crippen molar-refractivity contribution in [1.82, 2.24) is 10.2 Å². The van der Waals surface area contributed by atoms with Crippen molar-refractivity contribution in [1.29, 1.82) is 0 Å². The zero-order valence-electron chi connectivity index (χ0n) is 15.0. The number of nitrogens with zero attached hydrogens (tertiary/aromatic N) is 1. The molecular weight excluding hydrogens is 328 g/mol. The molecule has 4 rings (SSSR count). The van der Waals surface area contributed by atoms with Gasteiger partial charge in [0.15, 0.2) is 0 Å². The van der Waals surface area contributed by atoms with Crippen molar-refractivity contribution in [3.05, 3.63) is 59.7 Å². The first-order chi connectivity index (χ1) is 12.7. The lowest BCUT2D eigenvalue weighted by Crippen LogP contribution is -2.53. The third-order valence-electron chi connectivity index (χ3n) is 4.80. The zero-order valence-corrected chi connectivity index (χ0v) is 15.0. The van der Waals surface area contributed by atoms with Crippen LogP contribution in [0.4, 0.5) is 0 Å². The SMILES string of the molecule is COc1cccc(CN2CC(Oc3ccccc3C(=O)NC3CC3)C2)c1. The van der Waals surface area contributed by atoms with E-state index in [4.69, 9.17) is 9.47 Å². The molecule has 5 nitrogen and oxygen atoms in total. The molecule has 2 aromatic carbocycles. The van der Waals surface area contributed by atoms with Gasteiger partial charge in [0.1, 0.15) is 17.6 Å². The number of carbonyl (C=O) groups excluding carboxylic acids is 1. The molecule has 2 aromatic rings. The predicted octanol–water partition coefficient (Wildman–Crippen LogP) is 2.85. The Balaban J connectivity index is 1.32. The molecule has 0 bridgehead atoms. The van der Waals surface area contributed by atoms with Crippen molar-refractivity contribution < 1.29 is 14.3 Å². The number of hydrogen-bond donors (Lipinski definition) is 1. The molecule has 0 unspecified atom stereocenters. The van der Waals surface area contributed by atoms with Gasteiger partial charge in [-0.1, -0.05) is 24.3 Å². The van der Waals surface area contributed by atoms with E-state index in [1.165, 1.54) is 5.56 Å².